The second-order valence-corrected chi connectivity index (χ2v) is 27.2. The van der Waals surface area contributed by atoms with Gasteiger partial charge in [-0.25, -0.2) is 0 Å². The van der Waals surface area contributed by atoms with Gasteiger partial charge in [0.1, 0.15) is 0 Å². The molecule has 0 spiro atoms. The van der Waals surface area contributed by atoms with Crippen molar-refractivity contribution in [1.29, 1.82) is 0 Å². The monoisotopic (exact) mass is 854 g/mol. The summed E-state index contributed by atoms with van der Waals surface area (Å²) in [7, 11) is 8.94. The molecule has 5 nitrogen and oxygen atoms in total. The van der Waals surface area contributed by atoms with E-state index in [-0.39, 0.29) is 26.2 Å². The van der Waals surface area contributed by atoms with Crippen molar-refractivity contribution in [3.63, 3.8) is 0 Å². The molecular formula is C40H67Cl2N2O3PRuSi. The molecule has 10 heteroatoms. The van der Waals surface area contributed by atoms with Crippen LogP contribution >= 0.6 is 27.3 Å². The van der Waals surface area contributed by atoms with Crippen molar-refractivity contribution in [3.05, 3.63) is 55.0 Å². The van der Waals surface area contributed by atoms with E-state index >= 15 is 0 Å². The van der Waals surface area contributed by atoms with Gasteiger partial charge in [-0.3, -0.25) is 0 Å². The first kappa shape index (κ1) is 41.3. The molecule has 0 radical (unpaired) electrons. The van der Waals surface area contributed by atoms with Gasteiger partial charge in [0.2, 0.25) is 0 Å². The predicted octanol–water partition coefficient (Wildman–Crippen LogP) is 11.5. The van der Waals surface area contributed by atoms with E-state index < -0.39 is 22.3 Å². The van der Waals surface area contributed by atoms with E-state index in [0.29, 0.717) is 0 Å². The Morgan fingerprint density at radius 2 is 1.22 bits per heavy atom. The minimum atomic E-state index is -2.35. The SMILES string of the molecule is C1CCC([PH+](C2CCCCC2)C2CCCCC2)CC1.CCCCN1C=CN(CCC[Si]23OC(C)C(O2)C(C)O3)[CH-]1.[Cl][Ru]([Cl])=[CH]c1ccccc1. The number of fused-ring (bicyclic) bond motifs is 2. The Balaban J connectivity index is 0.000000155. The van der Waals surface area contributed by atoms with E-state index in [4.69, 9.17) is 32.7 Å². The molecule has 3 heterocycles. The molecule has 2 unspecified atom stereocenters. The molecule has 3 aliphatic carbocycles. The second-order valence-electron chi connectivity index (χ2n) is 15.5. The van der Waals surface area contributed by atoms with E-state index in [9.17, 15) is 0 Å². The molecule has 3 aliphatic heterocycles. The maximum absolute atomic E-state index is 6.06. The van der Waals surface area contributed by atoms with Crippen molar-refractivity contribution in [1.82, 2.24) is 9.80 Å². The Morgan fingerprint density at radius 3 is 1.66 bits per heavy atom. The standard InChI is InChI=1S/C18H33P.C15H27N2O3Si.C7H6.2ClH.Ru/c1-4-10-16(11-5-1)19(17-12-6-2-7-13-17)18-14-8-3-9-15-18;1-4-5-7-16-9-10-17(12-16)8-6-11-21-18-13(2)15(20-21)14(3)19-21;1-7-5-3-2-4-6-7;;;/h16-18H,1-15H2;9-10,12-15H,4-8,11H2,1-3H3;1-6H;2*1H;/q;-1;;;;+2/p-1. The van der Waals surface area contributed by atoms with Gasteiger partial charge >= 0.3 is 82.2 Å². The van der Waals surface area contributed by atoms with Gasteiger partial charge in [-0.15, -0.1) is 0 Å². The third-order valence-corrected chi connectivity index (χ3v) is 21.1. The molecule has 2 atom stereocenters. The van der Waals surface area contributed by atoms with E-state index in [1.165, 1.54) is 29.8 Å². The summed E-state index contributed by atoms with van der Waals surface area (Å²) in [6, 6.07) is 10.8. The summed E-state index contributed by atoms with van der Waals surface area (Å²) in [4.78, 5) is 4.50. The number of nitrogens with zero attached hydrogens (tertiary/aromatic N) is 2. The first-order valence-electron chi connectivity index (χ1n) is 20.2. The molecule has 2 bridgehead atoms. The number of hydrogen-bond donors (Lipinski definition) is 0. The minimum absolute atomic E-state index is 0.0465. The fourth-order valence-electron chi connectivity index (χ4n) is 9.18. The number of halogens is 2. The number of benzene rings is 1. The average Bonchev–Trinajstić information content (AvgIpc) is 3.82. The van der Waals surface area contributed by atoms with Crippen LogP contribution in [0.1, 0.15) is 142 Å². The third-order valence-electron chi connectivity index (χ3n) is 11.6. The molecular weight excluding hydrogens is 787 g/mol. The van der Waals surface area contributed by atoms with Crippen molar-refractivity contribution in [2.75, 3.05) is 13.1 Å². The molecule has 7 rings (SSSR count). The molecule has 1 aromatic carbocycles. The van der Waals surface area contributed by atoms with Crippen LogP contribution in [0.15, 0.2) is 42.7 Å². The molecule has 5 fully saturated rings. The Labute approximate surface area is 321 Å². The average molecular weight is 855 g/mol. The second kappa shape index (κ2) is 21.9. The molecule has 50 heavy (non-hydrogen) atoms. The Bertz CT molecular complexity index is 1110. The van der Waals surface area contributed by atoms with E-state index in [1.54, 1.807) is 96.3 Å². The summed E-state index contributed by atoms with van der Waals surface area (Å²) < 4.78 is 20.0. The van der Waals surface area contributed by atoms with Crippen LogP contribution in [0.3, 0.4) is 0 Å². The summed E-state index contributed by atoms with van der Waals surface area (Å²) in [5, 5.41) is 0. The normalized spacial score (nSPS) is 29.1. The zero-order valence-corrected chi connectivity index (χ0v) is 36.5. The molecule has 3 saturated carbocycles. The molecule has 0 N–H and O–H groups in total. The molecule has 0 amide bonds. The van der Waals surface area contributed by atoms with Gasteiger partial charge < -0.3 is 23.1 Å². The molecule has 2 saturated heterocycles. The molecule has 6 aliphatic rings. The van der Waals surface area contributed by atoms with Crippen molar-refractivity contribution in [2.45, 2.75) is 178 Å². The van der Waals surface area contributed by atoms with Gasteiger partial charge in [-0.1, -0.05) is 32.6 Å². The van der Waals surface area contributed by atoms with Crippen LogP contribution in [0, 0.1) is 6.67 Å². The third kappa shape index (κ3) is 12.9. The summed E-state index contributed by atoms with van der Waals surface area (Å²) in [6.07, 6.45) is 32.1. The zero-order chi connectivity index (χ0) is 35.2. The van der Waals surface area contributed by atoms with Crippen LogP contribution in [0.2, 0.25) is 6.04 Å². The predicted molar refractivity (Wildman–Crippen MR) is 215 cm³/mol. The van der Waals surface area contributed by atoms with Crippen molar-refractivity contribution >= 4 is 40.7 Å². The van der Waals surface area contributed by atoms with Crippen LogP contribution in [-0.4, -0.2) is 71.6 Å². The fraction of sp³-hybridized carbons (Fsp3) is 0.750. The Hall–Kier alpha value is 0.160. The summed E-state index contributed by atoms with van der Waals surface area (Å²) in [6.45, 7) is 10.7. The van der Waals surface area contributed by atoms with E-state index in [1.807, 2.05) is 34.9 Å². The van der Waals surface area contributed by atoms with E-state index in [2.05, 4.69) is 49.6 Å². The van der Waals surface area contributed by atoms with Crippen LogP contribution in [-0.2, 0) is 26.8 Å². The van der Waals surface area contributed by atoms with Crippen molar-refractivity contribution in [3.8, 4) is 0 Å². The number of rotatable bonds is 11. The molecule has 1 aromatic rings. The van der Waals surface area contributed by atoms with Crippen LogP contribution < -0.4 is 0 Å². The van der Waals surface area contributed by atoms with Gasteiger partial charge in [0.25, 0.3) is 0 Å². The Kier molecular flexibility index (Phi) is 18.1. The van der Waals surface area contributed by atoms with Crippen LogP contribution in [0.5, 0.6) is 0 Å². The van der Waals surface area contributed by atoms with E-state index in [0.717, 1.165) is 31.1 Å². The van der Waals surface area contributed by atoms with Gasteiger partial charge in [-0.05, 0) is 129 Å². The van der Waals surface area contributed by atoms with Gasteiger partial charge in [0.15, 0.2) is 0 Å². The Morgan fingerprint density at radius 1 is 0.740 bits per heavy atom. The van der Waals surface area contributed by atoms with Crippen molar-refractivity contribution < 1.29 is 26.8 Å². The first-order valence-corrected chi connectivity index (χ1v) is 29.3. The van der Waals surface area contributed by atoms with Crippen LogP contribution in [0.4, 0.5) is 0 Å². The molecule has 286 valence electrons. The fourth-order valence-corrected chi connectivity index (χ4v) is 19.5. The van der Waals surface area contributed by atoms with Crippen LogP contribution in [0.25, 0.3) is 0 Å². The number of unbranched alkanes of at least 4 members (excludes halogenated alkanes) is 1. The molecule has 0 aromatic heterocycles. The summed E-state index contributed by atoms with van der Waals surface area (Å²) in [5.74, 6) is 0. The maximum atomic E-state index is 6.06. The zero-order valence-electron chi connectivity index (χ0n) is 31.2. The van der Waals surface area contributed by atoms with Gasteiger partial charge in [-0.2, -0.15) is 6.67 Å². The number of hydrogen-bond acceptors (Lipinski definition) is 5. The summed E-state index contributed by atoms with van der Waals surface area (Å²) in [5.41, 5.74) is 4.80. The van der Waals surface area contributed by atoms with Gasteiger partial charge in [0.05, 0.1) is 35.3 Å². The summed E-state index contributed by atoms with van der Waals surface area (Å²) >= 11 is -1.61. The topological polar surface area (TPSA) is 34.2 Å². The first-order chi connectivity index (χ1) is 24.4. The van der Waals surface area contributed by atoms with Gasteiger partial charge in [0, 0.05) is 14.0 Å². The van der Waals surface area contributed by atoms with Crippen molar-refractivity contribution in [2.24, 2.45) is 0 Å². The quantitative estimate of drug-likeness (QED) is 0.126.